The molecule has 0 bridgehead atoms. The van der Waals surface area contributed by atoms with Crippen LogP contribution in [0.1, 0.15) is 24.3 Å². The summed E-state index contributed by atoms with van der Waals surface area (Å²) >= 11 is 0. The molecule has 0 aliphatic rings. The Morgan fingerprint density at radius 3 is 2.55 bits per heavy atom. The van der Waals surface area contributed by atoms with E-state index in [-0.39, 0.29) is 5.82 Å². The molecule has 5 N–H and O–H groups in total. The molecule has 20 heavy (non-hydrogen) atoms. The summed E-state index contributed by atoms with van der Waals surface area (Å²) in [5, 5.41) is 21.5. The topological polar surface area (TPSA) is 108 Å². The quantitative estimate of drug-likeness (QED) is 0.635. The molecular weight excluding hydrogens is 279 g/mol. The molecule has 0 fully saturated rings. The molecule has 1 aromatic rings. The van der Waals surface area contributed by atoms with E-state index in [9.17, 15) is 28.2 Å². The van der Waals surface area contributed by atoms with Crippen molar-refractivity contribution >= 4 is 11.7 Å². The maximum absolute atomic E-state index is 12.8. The summed E-state index contributed by atoms with van der Waals surface area (Å²) < 4.78 is 38.4. The lowest BCUT2D eigenvalue weighted by Gasteiger charge is -2.21. The minimum Gasteiger partial charge on any atom is -0.388 e. The first-order valence-corrected chi connectivity index (χ1v) is 5.57. The number of pyridine rings is 1. The Morgan fingerprint density at radius 1 is 1.45 bits per heavy atom. The molecule has 6 nitrogen and oxygen atoms in total. The van der Waals surface area contributed by atoms with E-state index in [1.165, 1.54) is 6.92 Å². The molecule has 0 spiro atoms. The number of carbonyl (C=O) groups is 1. The standard InChI is InChI=1S/C11H14F3N3O3/c1-5(18)16-4-7(19)9(20)6-2-3-8(15)17-10(6)11(12,13)14/h2-3,7,9,19-20H,4H2,1H3,(H2,15,17)(H,16,18). The van der Waals surface area contributed by atoms with Gasteiger partial charge in [-0.3, -0.25) is 4.79 Å². The van der Waals surface area contributed by atoms with Crippen LogP contribution in [-0.4, -0.2) is 33.8 Å². The molecular formula is C11H14F3N3O3. The summed E-state index contributed by atoms with van der Waals surface area (Å²) in [6, 6.07) is 2.02. The van der Waals surface area contributed by atoms with Gasteiger partial charge in [-0.15, -0.1) is 0 Å². The lowest BCUT2D eigenvalue weighted by Crippen LogP contribution is -2.35. The van der Waals surface area contributed by atoms with Crippen LogP contribution in [0.3, 0.4) is 0 Å². The van der Waals surface area contributed by atoms with E-state index < -0.39 is 42.1 Å². The number of hydrogen-bond donors (Lipinski definition) is 4. The average Bonchev–Trinajstić information content (AvgIpc) is 2.33. The van der Waals surface area contributed by atoms with Crippen molar-refractivity contribution in [1.82, 2.24) is 10.3 Å². The van der Waals surface area contributed by atoms with E-state index in [4.69, 9.17) is 5.73 Å². The highest BCUT2D eigenvalue weighted by Crippen LogP contribution is 2.34. The molecule has 1 rings (SSSR count). The summed E-state index contributed by atoms with van der Waals surface area (Å²) in [6.45, 7) is 0.781. The Balaban J connectivity index is 3.03. The number of amides is 1. The Bertz CT molecular complexity index is 494. The van der Waals surface area contributed by atoms with Gasteiger partial charge in [0.05, 0.1) is 0 Å². The van der Waals surface area contributed by atoms with Crippen molar-refractivity contribution in [3.05, 3.63) is 23.4 Å². The van der Waals surface area contributed by atoms with Gasteiger partial charge in [0, 0.05) is 19.0 Å². The number of aliphatic hydroxyl groups is 2. The largest absolute Gasteiger partial charge is 0.433 e. The van der Waals surface area contributed by atoms with Crippen molar-refractivity contribution in [3.8, 4) is 0 Å². The van der Waals surface area contributed by atoms with E-state index in [2.05, 4.69) is 10.3 Å². The van der Waals surface area contributed by atoms with E-state index in [1.807, 2.05) is 0 Å². The minimum atomic E-state index is -4.82. The number of carbonyl (C=O) groups excluding carboxylic acids is 1. The molecule has 112 valence electrons. The van der Waals surface area contributed by atoms with E-state index in [1.54, 1.807) is 0 Å². The fourth-order valence-electron chi connectivity index (χ4n) is 1.52. The predicted molar refractivity (Wildman–Crippen MR) is 63.3 cm³/mol. The van der Waals surface area contributed by atoms with Crippen LogP contribution in [0.25, 0.3) is 0 Å². The summed E-state index contributed by atoms with van der Waals surface area (Å²) in [5.74, 6) is -0.840. The zero-order valence-corrected chi connectivity index (χ0v) is 10.5. The van der Waals surface area contributed by atoms with Gasteiger partial charge < -0.3 is 21.3 Å². The fourth-order valence-corrected chi connectivity index (χ4v) is 1.52. The third kappa shape index (κ3) is 4.07. The summed E-state index contributed by atoms with van der Waals surface area (Å²) in [6.07, 6.45) is -8.28. The molecule has 0 saturated heterocycles. The van der Waals surface area contributed by atoms with E-state index >= 15 is 0 Å². The smallest absolute Gasteiger partial charge is 0.388 e. The molecule has 0 aromatic carbocycles. The van der Waals surface area contributed by atoms with Gasteiger partial charge in [-0.1, -0.05) is 6.07 Å². The van der Waals surface area contributed by atoms with Crippen LogP contribution in [0.2, 0.25) is 0 Å². The minimum absolute atomic E-state index is 0.357. The molecule has 1 aromatic heterocycles. The Labute approximate surface area is 112 Å². The van der Waals surface area contributed by atoms with Crippen molar-refractivity contribution in [1.29, 1.82) is 0 Å². The molecule has 2 atom stereocenters. The number of rotatable bonds is 4. The highest BCUT2D eigenvalue weighted by atomic mass is 19.4. The van der Waals surface area contributed by atoms with Gasteiger partial charge in [-0.2, -0.15) is 13.2 Å². The molecule has 0 aliphatic carbocycles. The van der Waals surface area contributed by atoms with Gasteiger partial charge in [0.2, 0.25) is 5.91 Å². The van der Waals surface area contributed by atoms with Crippen molar-refractivity contribution in [2.45, 2.75) is 25.3 Å². The zero-order valence-electron chi connectivity index (χ0n) is 10.5. The van der Waals surface area contributed by atoms with Gasteiger partial charge >= 0.3 is 6.18 Å². The molecule has 2 unspecified atom stereocenters. The van der Waals surface area contributed by atoms with Crippen LogP contribution in [0, 0.1) is 0 Å². The van der Waals surface area contributed by atoms with Gasteiger partial charge in [0.15, 0.2) is 5.69 Å². The first-order chi connectivity index (χ1) is 9.12. The third-order valence-corrected chi connectivity index (χ3v) is 2.46. The van der Waals surface area contributed by atoms with Crippen LogP contribution >= 0.6 is 0 Å². The lowest BCUT2D eigenvalue weighted by atomic mass is 10.0. The molecule has 0 aliphatic heterocycles. The highest BCUT2D eigenvalue weighted by molar-refractivity contribution is 5.72. The first kappa shape index (κ1) is 16.2. The monoisotopic (exact) mass is 293 g/mol. The van der Waals surface area contributed by atoms with Gasteiger partial charge in [0.25, 0.3) is 0 Å². The average molecular weight is 293 g/mol. The summed E-state index contributed by atoms with van der Waals surface area (Å²) in [5.41, 5.74) is 3.21. The fraction of sp³-hybridized carbons (Fsp3) is 0.455. The maximum Gasteiger partial charge on any atom is 0.433 e. The van der Waals surface area contributed by atoms with Crippen LogP contribution in [0.5, 0.6) is 0 Å². The van der Waals surface area contributed by atoms with Gasteiger partial charge in [-0.25, -0.2) is 4.98 Å². The Kier molecular flexibility index (Phi) is 4.90. The van der Waals surface area contributed by atoms with Crippen LogP contribution in [-0.2, 0) is 11.0 Å². The highest BCUT2D eigenvalue weighted by Gasteiger charge is 2.38. The molecule has 0 radical (unpaired) electrons. The lowest BCUT2D eigenvalue weighted by molar-refractivity contribution is -0.143. The second-order valence-electron chi connectivity index (χ2n) is 4.12. The van der Waals surface area contributed by atoms with Crippen LogP contribution in [0.15, 0.2) is 12.1 Å². The Hall–Kier alpha value is -1.87. The number of aromatic nitrogens is 1. The molecule has 1 amide bonds. The summed E-state index contributed by atoms with van der Waals surface area (Å²) in [4.78, 5) is 13.8. The normalized spacial score (nSPS) is 14.7. The van der Waals surface area contributed by atoms with Crippen molar-refractivity contribution in [2.24, 2.45) is 0 Å². The number of hydrogen-bond acceptors (Lipinski definition) is 5. The number of anilines is 1. The number of aliphatic hydroxyl groups excluding tert-OH is 2. The van der Waals surface area contributed by atoms with Crippen molar-refractivity contribution < 1.29 is 28.2 Å². The molecule has 0 saturated carbocycles. The third-order valence-electron chi connectivity index (χ3n) is 2.46. The number of alkyl halides is 3. The van der Waals surface area contributed by atoms with Crippen LogP contribution < -0.4 is 11.1 Å². The summed E-state index contributed by atoms with van der Waals surface area (Å²) in [7, 11) is 0. The van der Waals surface area contributed by atoms with E-state index in [0.29, 0.717) is 0 Å². The second-order valence-corrected chi connectivity index (χ2v) is 4.12. The molecule has 1 heterocycles. The number of nitrogen functional groups attached to an aromatic ring is 1. The predicted octanol–water partition coefficient (Wildman–Crippen LogP) is 0.213. The van der Waals surface area contributed by atoms with Crippen molar-refractivity contribution in [3.63, 3.8) is 0 Å². The van der Waals surface area contributed by atoms with E-state index in [0.717, 1.165) is 12.1 Å². The van der Waals surface area contributed by atoms with Crippen molar-refractivity contribution in [2.75, 3.05) is 12.3 Å². The maximum atomic E-state index is 12.8. The number of nitrogens with two attached hydrogens (primary N) is 1. The first-order valence-electron chi connectivity index (χ1n) is 5.57. The number of nitrogens with zero attached hydrogens (tertiary/aromatic N) is 1. The number of nitrogens with one attached hydrogen (secondary N) is 1. The van der Waals surface area contributed by atoms with Gasteiger partial charge in [-0.05, 0) is 6.07 Å². The zero-order chi connectivity index (χ0) is 15.5. The SMILES string of the molecule is CC(=O)NCC(O)C(O)c1ccc(N)nc1C(F)(F)F. The Morgan fingerprint density at radius 2 is 2.05 bits per heavy atom. The second kappa shape index (κ2) is 6.06. The van der Waals surface area contributed by atoms with Crippen LogP contribution in [0.4, 0.5) is 19.0 Å². The molecule has 9 heteroatoms. The number of halogens is 3. The van der Waals surface area contributed by atoms with Gasteiger partial charge in [0.1, 0.15) is 18.0 Å².